The Hall–Kier alpha value is -1.16. The lowest BCUT2D eigenvalue weighted by Crippen LogP contribution is -2.06. The number of rotatable bonds is 12. The van der Waals surface area contributed by atoms with Gasteiger partial charge in [-0.2, -0.15) is 0 Å². The van der Waals surface area contributed by atoms with E-state index in [0.717, 1.165) is 31.2 Å². The number of carbonyl (C=O) groups is 1. The summed E-state index contributed by atoms with van der Waals surface area (Å²) in [5, 5.41) is 0. The van der Waals surface area contributed by atoms with Gasteiger partial charge in [0.2, 0.25) is 0 Å². The quantitative estimate of drug-likeness (QED) is 0.293. The van der Waals surface area contributed by atoms with E-state index in [1.54, 1.807) is 38.1 Å². The highest BCUT2D eigenvalue weighted by molar-refractivity contribution is 7.53. The highest BCUT2D eigenvalue weighted by Crippen LogP contribution is 2.51. The van der Waals surface area contributed by atoms with Crippen LogP contribution in [-0.4, -0.2) is 25.8 Å². The maximum absolute atomic E-state index is 12.5. The smallest absolute Gasteiger partial charge is 0.338 e. The van der Waals surface area contributed by atoms with Crippen LogP contribution < -0.4 is 0 Å². The molecule has 5 nitrogen and oxygen atoms in total. The zero-order valence-electron chi connectivity index (χ0n) is 15.0. The molecular formula is C18H29O5P. The molecule has 0 saturated carbocycles. The van der Waals surface area contributed by atoms with Crippen molar-refractivity contribution in [2.75, 3.05) is 19.8 Å². The molecule has 0 N–H and O–H groups in total. The standard InChI is InChI=1S/C18H29O5P/c1-4-7-8-9-14-21-18(19)17-12-10-16(11-13-17)15-24(20,22-5-2)23-6-3/h10-13H,4-9,14-15H2,1-3H3. The highest BCUT2D eigenvalue weighted by atomic mass is 31.2. The molecule has 0 heterocycles. The molecule has 6 heteroatoms. The molecule has 1 aromatic carbocycles. The Kier molecular flexibility index (Phi) is 9.92. The minimum atomic E-state index is -3.12. The molecule has 0 bridgehead atoms. The molecule has 0 fully saturated rings. The summed E-state index contributed by atoms with van der Waals surface area (Å²) in [5.41, 5.74) is 1.30. The molecule has 24 heavy (non-hydrogen) atoms. The molecule has 136 valence electrons. The van der Waals surface area contributed by atoms with E-state index >= 15 is 0 Å². The fourth-order valence-corrected chi connectivity index (χ4v) is 3.97. The molecule has 0 saturated heterocycles. The highest BCUT2D eigenvalue weighted by Gasteiger charge is 2.24. The Morgan fingerprint density at radius 3 is 2.12 bits per heavy atom. The largest absolute Gasteiger partial charge is 0.462 e. The summed E-state index contributed by atoms with van der Waals surface area (Å²) in [4.78, 5) is 12.0. The number of carbonyl (C=O) groups excluding carboxylic acids is 1. The lowest BCUT2D eigenvalue weighted by molar-refractivity contribution is 0.0498. The van der Waals surface area contributed by atoms with Gasteiger partial charge in [0.25, 0.3) is 0 Å². The fraction of sp³-hybridized carbons (Fsp3) is 0.611. The summed E-state index contributed by atoms with van der Waals surface area (Å²) in [6, 6.07) is 6.90. The van der Waals surface area contributed by atoms with Crippen molar-refractivity contribution in [2.24, 2.45) is 0 Å². The van der Waals surface area contributed by atoms with Gasteiger partial charge in [0.1, 0.15) is 0 Å². The van der Waals surface area contributed by atoms with Crippen molar-refractivity contribution in [3.63, 3.8) is 0 Å². The molecule has 1 rings (SSSR count). The van der Waals surface area contributed by atoms with Gasteiger partial charge >= 0.3 is 13.6 Å². The van der Waals surface area contributed by atoms with E-state index in [2.05, 4.69) is 6.92 Å². The first-order valence-electron chi connectivity index (χ1n) is 8.68. The Morgan fingerprint density at radius 1 is 0.958 bits per heavy atom. The average molecular weight is 356 g/mol. The van der Waals surface area contributed by atoms with E-state index in [0.29, 0.717) is 25.4 Å². The average Bonchev–Trinajstić information content (AvgIpc) is 2.55. The number of unbranched alkanes of at least 4 members (excludes halogenated alkanes) is 3. The van der Waals surface area contributed by atoms with Gasteiger partial charge < -0.3 is 13.8 Å². The second-order valence-electron chi connectivity index (χ2n) is 5.50. The van der Waals surface area contributed by atoms with Crippen molar-refractivity contribution in [1.29, 1.82) is 0 Å². The minimum Gasteiger partial charge on any atom is -0.462 e. The van der Waals surface area contributed by atoms with Gasteiger partial charge in [-0.05, 0) is 38.0 Å². The van der Waals surface area contributed by atoms with E-state index in [1.165, 1.54) is 0 Å². The van der Waals surface area contributed by atoms with Crippen molar-refractivity contribution < 1.29 is 23.1 Å². The SMILES string of the molecule is CCCCCCOC(=O)c1ccc(CP(=O)(OCC)OCC)cc1. The van der Waals surface area contributed by atoms with Crippen molar-refractivity contribution in [2.45, 2.75) is 52.6 Å². The van der Waals surface area contributed by atoms with Gasteiger partial charge in [-0.25, -0.2) is 4.79 Å². The van der Waals surface area contributed by atoms with Crippen molar-refractivity contribution in [3.05, 3.63) is 35.4 Å². The lowest BCUT2D eigenvalue weighted by Gasteiger charge is -2.17. The normalized spacial score (nSPS) is 11.5. The van der Waals surface area contributed by atoms with Crippen LogP contribution in [0.1, 0.15) is 62.4 Å². The second-order valence-corrected chi connectivity index (χ2v) is 7.55. The van der Waals surface area contributed by atoms with Crippen molar-refractivity contribution in [1.82, 2.24) is 0 Å². The van der Waals surface area contributed by atoms with E-state index in [9.17, 15) is 9.36 Å². The second kappa shape index (κ2) is 11.4. The minimum absolute atomic E-state index is 0.195. The van der Waals surface area contributed by atoms with Crippen LogP contribution in [0.5, 0.6) is 0 Å². The zero-order chi connectivity index (χ0) is 17.8. The number of esters is 1. The fourth-order valence-electron chi connectivity index (χ4n) is 2.27. The van der Waals surface area contributed by atoms with Crippen LogP contribution in [0.25, 0.3) is 0 Å². The zero-order valence-corrected chi connectivity index (χ0v) is 15.8. The molecule has 0 aliphatic heterocycles. The molecule has 0 aromatic heterocycles. The number of hydrogen-bond donors (Lipinski definition) is 0. The first-order valence-corrected chi connectivity index (χ1v) is 10.4. The topological polar surface area (TPSA) is 61.8 Å². The van der Waals surface area contributed by atoms with Crippen LogP contribution in [0.4, 0.5) is 0 Å². The van der Waals surface area contributed by atoms with E-state index in [-0.39, 0.29) is 12.1 Å². The molecule has 0 radical (unpaired) electrons. The molecule has 0 aliphatic carbocycles. The summed E-state index contributed by atoms with van der Waals surface area (Å²) in [7, 11) is -3.12. The third kappa shape index (κ3) is 7.61. The molecule has 1 aromatic rings. The van der Waals surface area contributed by atoms with Gasteiger partial charge in [0.15, 0.2) is 0 Å². The Labute approximate surface area is 145 Å². The van der Waals surface area contributed by atoms with E-state index in [4.69, 9.17) is 13.8 Å². The van der Waals surface area contributed by atoms with E-state index in [1.807, 2.05) is 0 Å². The summed E-state index contributed by atoms with van der Waals surface area (Å²) in [6.07, 6.45) is 4.48. The van der Waals surface area contributed by atoms with E-state index < -0.39 is 7.60 Å². The number of benzene rings is 1. The Morgan fingerprint density at radius 2 is 1.58 bits per heavy atom. The van der Waals surface area contributed by atoms with Gasteiger partial charge in [0.05, 0.1) is 31.5 Å². The van der Waals surface area contributed by atoms with Gasteiger partial charge in [-0.15, -0.1) is 0 Å². The molecule has 0 spiro atoms. The summed E-state index contributed by atoms with van der Waals surface area (Å²) in [6.45, 7) is 6.82. The monoisotopic (exact) mass is 356 g/mol. The van der Waals surface area contributed by atoms with Gasteiger partial charge in [-0.3, -0.25) is 4.57 Å². The summed E-state index contributed by atoms with van der Waals surface area (Å²) < 4.78 is 28.3. The maximum atomic E-state index is 12.5. The van der Waals surface area contributed by atoms with Crippen LogP contribution in [0, 0.1) is 0 Å². The molecule has 0 atom stereocenters. The predicted molar refractivity (Wildman–Crippen MR) is 95.4 cm³/mol. The first-order chi connectivity index (χ1) is 11.5. The number of hydrogen-bond acceptors (Lipinski definition) is 5. The summed E-state index contributed by atoms with van der Waals surface area (Å²) in [5.74, 6) is -0.323. The summed E-state index contributed by atoms with van der Waals surface area (Å²) >= 11 is 0. The van der Waals surface area contributed by atoms with Gasteiger partial charge in [-0.1, -0.05) is 38.3 Å². The van der Waals surface area contributed by atoms with Gasteiger partial charge in [0, 0.05) is 0 Å². The third-order valence-corrected chi connectivity index (χ3v) is 5.50. The van der Waals surface area contributed by atoms with Crippen LogP contribution in [0.3, 0.4) is 0 Å². The van der Waals surface area contributed by atoms with Crippen LogP contribution >= 0.6 is 7.60 Å². The number of ether oxygens (including phenoxy) is 1. The first kappa shape index (κ1) is 20.9. The molecular weight excluding hydrogens is 327 g/mol. The Bertz CT molecular complexity index is 517. The maximum Gasteiger partial charge on any atom is 0.338 e. The van der Waals surface area contributed by atoms with Crippen molar-refractivity contribution in [3.8, 4) is 0 Å². The van der Waals surface area contributed by atoms with Crippen molar-refractivity contribution >= 4 is 13.6 Å². The van der Waals surface area contributed by atoms with Crippen LogP contribution in [0.2, 0.25) is 0 Å². The third-order valence-electron chi connectivity index (χ3n) is 3.45. The lowest BCUT2D eigenvalue weighted by atomic mass is 10.1. The molecule has 0 amide bonds. The van der Waals surface area contributed by atoms with Crippen LogP contribution in [-0.2, 0) is 24.5 Å². The Balaban J connectivity index is 2.55. The molecule has 0 aliphatic rings. The predicted octanol–water partition coefficient (Wildman–Crippen LogP) is 5.19. The molecule has 0 unspecified atom stereocenters. The van der Waals surface area contributed by atoms with Crippen LogP contribution in [0.15, 0.2) is 24.3 Å².